The van der Waals surface area contributed by atoms with Crippen molar-refractivity contribution in [2.75, 3.05) is 26.3 Å². The molecule has 0 aromatic carbocycles. The zero-order chi connectivity index (χ0) is 13.1. The molecule has 2 saturated heterocycles. The van der Waals surface area contributed by atoms with Gasteiger partial charge >= 0.3 is 0 Å². The molecule has 19 heavy (non-hydrogen) atoms. The molecule has 6 nitrogen and oxygen atoms in total. The average molecular weight is 266 g/mol. The fourth-order valence-corrected chi connectivity index (χ4v) is 2.95. The highest BCUT2D eigenvalue weighted by Gasteiger charge is 2.40. The Labute approximate surface area is 113 Å². The third kappa shape index (κ3) is 2.80. The first-order chi connectivity index (χ1) is 9.31. The Hall–Kier alpha value is -0.980. The summed E-state index contributed by atoms with van der Waals surface area (Å²) in [6.07, 6.45) is 4.84. The van der Waals surface area contributed by atoms with E-state index in [0.29, 0.717) is 0 Å². The maximum absolute atomic E-state index is 5.80. The van der Waals surface area contributed by atoms with Crippen LogP contribution in [0.25, 0.3) is 0 Å². The van der Waals surface area contributed by atoms with Gasteiger partial charge in [-0.1, -0.05) is 6.92 Å². The molecule has 0 unspecified atom stereocenters. The molecule has 106 valence electrons. The highest BCUT2D eigenvalue weighted by molar-refractivity contribution is 4.89. The molecule has 2 fully saturated rings. The summed E-state index contributed by atoms with van der Waals surface area (Å²) in [5.74, 6) is 0.685. The van der Waals surface area contributed by atoms with E-state index >= 15 is 0 Å². The molecule has 1 spiro atoms. The summed E-state index contributed by atoms with van der Waals surface area (Å²) < 4.78 is 13.6. The molecule has 3 heterocycles. The second-order valence-corrected chi connectivity index (χ2v) is 5.32. The van der Waals surface area contributed by atoms with E-state index in [2.05, 4.69) is 21.9 Å². The van der Waals surface area contributed by atoms with Crippen molar-refractivity contribution in [3.8, 4) is 0 Å². The molecular weight excluding hydrogens is 244 g/mol. The summed E-state index contributed by atoms with van der Waals surface area (Å²) in [4.78, 5) is 6.74. The van der Waals surface area contributed by atoms with E-state index in [1.54, 1.807) is 6.33 Å². The maximum atomic E-state index is 5.80. The van der Waals surface area contributed by atoms with Crippen molar-refractivity contribution < 1.29 is 9.47 Å². The number of aryl methyl sites for hydroxylation is 1. The Morgan fingerprint density at radius 1 is 1.37 bits per heavy atom. The first-order valence-corrected chi connectivity index (χ1v) is 7.18. The molecule has 0 amide bonds. The van der Waals surface area contributed by atoms with Crippen molar-refractivity contribution in [2.24, 2.45) is 0 Å². The van der Waals surface area contributed by atoms with E-state index in [1.165, 1.54) is 0 Å². The van der Waals surface area contributed by atoms with Crippen LogP contribution in [0.4, 0.5) is 0 Å². The van der Waals surface area contributed by atoms with E-state index in [9.17, 15) is 0 Å². The van der Waals surface area contributed by atoms with E-state index in [-0.39, 0.29) is 5.79 Å². The molecule has 0 radical (unpaired) electrons. The summed E-state index contributed by atoms with van der Waals surface area (Å²) in [5.41, 5.74) is 0. The van der Waals surface area contributed by atoms with E-state index in [1.807, 2.05) is 4.68 Å². The average Bonchev–Trinajstić information content (AvgIpc) is 3.01. The summed E-state index contributed by atoms with van der Waals surface area (Å²) >= 11 is 0. The molecule has 1 aromatic rings. The largest absolute Gasteiger partial charge is 0.346 e. The van der Waals surface area contributed by atoms with Crippen LogP contribution < -0.4 is 0 Å². The third-order valence-electron chi connectivity index (χ3n) is 3.81. The smallest absolute Gasteiger partial charge is 0.181 e. The topological polar surface area (TPSA) is 52.4 Å². The summed E-state index contributed by atoms with van der Waals surface area (Å²) in [7, 11) is 0. The van der Waals surface area contributed by atoms with Crippen molar-refractivity contribution in [1.29, 1.82) is 0 Å². The molecule has 1 aromatic heterocycles. The number of aromatic nitrogens is 3. The first-order valence-electron chi connectivity index (χ1n) is 7.18. The molecule has 0 aliphatic carbocycles. The SMILES string of the molecule is CCCn1ncnc1CN1CCCC2(C1)OCCO2. The number of nitrogens with zero attached hydrogens (tertiary/aromatic N) is 4. The lowest BCUT2D eigenvalue weighted by Crippen LogP contribution is -2.48. The fraction of sp³-hybridized carbons (Fsp3) is 0.846. The number of hydrogen-bond acceptors (Lipinski definition) is 5. The van der Waals surface area contributed by atoms with Gasteiger partial charge in [-0.15, -0.1) is 0 Å². The van der Waals surface area contributed by atoms with Crippen LogP contribution in [0.3, 0.4) is 0 Å². The normalized spacial score (nSPS) is 23.2. The van der Waals surface area contributed by atoms with E-state index in [0.717, 1.165) is 64.5 Å². The summed E-state index contributed by atoms with van der Waals surface area (Å²) in [6.45, 7) is 7.27. The van der Waals surface area contributed by atoms with Gasteiger partial charge in [-0.05, 0) is 19.4 Å². The maximum Gasteiger partial charge on any atom is 0.181 e. The van der Waals surface area contributed by atoms with Gasteiger partial charge in [0.1, 0.15) is 12.2 Å². The zero-order valence-corrected chi connectivity index (χ0v) is 11.5. The highest BCUT2D eigenvalue weighted by atomic mass is 16.7. The molecule has 0 bridgehead atoms. The lowest BCUT2D eigenvalue weighted by atomic mass is 10.0. The Kier molecular flexibility index (Phi) is 3.81. The molecule has 2 aliphatic heterocycles. The van der Waals surface area contributed by atoms with Crippen molar-refractivity contribution in [2.45, 2.75) is 45.1 Å². The van der Waals surface area contributed by atoms with Gasteiger partial charge in [-0.25, -0.2) is 9.67 Å². The molecular formula is C13H22N4O2. The highest BCUT2D eigenvalue weighted by Crippen LogP contribution is 2.30. The molecule has 6 heteroatoms. The van der Waals surface area contributed by atoms with Crippen LogP contribution in [-0.2, 0) is 22.6 Å². The van der Waals surface area contributed by atoms with Gasteiger partial charge in [-0.3, -0.25) is 4.90 Å². The minimum atomic E-state index is -0.353. The lowest BCUT2D eigenvalue weighted by molar-refractivity contribution is -0.190. The molecule has 0 atom stereocenters. The van der Waals surface area contributed by atoms with Crippen LogP contribution in [-0.4, -0.2) is 51.8 Å². The zero-order valence-electron chi connectivity index (χ0n) is 11.5. The van der Waals surface area contributed by atoms with Crippen LogP contribution in [0.5, 0.6) is 0 Å². The van der Waals surface area contributed by atoms with E-state index in [4.69, 9.17) is 9.47 Å². The minimum Gasteiger partial charge on any atom is -0.346 e. The van der Waals surface area contributed by atoms with Crippen molar-refractivity contribution >= 4 is 0 Å². The first kappa shape index (κ1) is 13.0. The Morgan fingerprint density at radius 3 is 3.00 bits per heavy atom. The van der Waals surface area contributed by atoms with Gasteiger partial charge in [0.05, 0.1) is 26.3 Å². The Balaban J connectivity index is 1.64. The quantitative estimate of drug-likeness (QED) is 0.814. The number of rotatable bonds is 4. The summed E-state index contributed by atoms with van der Waals surface area (Å²) in [6, 6.07) is 0. The fourth-order valence-electron chi connectivity index (χ4n) is 2.95. The molecule has 0 saturated carbocycles. The standard InChI is InChI=1S/C13H22N4O2/c1-2-5-17-12(14-11-15-17)9-16-6-3-4-13(10-16)18-7-8-19-13/h11H,2-10H2,1H3. The Morgan fingerprint density at radius 2 is 2.21 bits per heavy atom. The van der Waals surface area contributed by atoms with Gasteiger partial charge in [0.15, 0.2) is 5.79 Å². The molecule has 2 aliphatic rings. The monoisotopic (exact) mass is 266 g/mol. The van der Waals surface area contributed by atoms with Crippen LogP contribution in [0.2, 0.25) is 0 Å². The minimum absolute atomic E-state index is 0.353. The number of hydrogen-bond donors (Lipinski definition) is 0. The van der Waals surface area contributed by atoms with Crippen LogP contribution in [0.15, 0.2) is 6.33 Å². The van der Waals surface area contributed by atoms with Crippen LogP contribution in [0, 0.1) is 0 Å². The van der Waals surface area contributed by atoms with Crippen molar-refractivity contribution in [3.63, 3.8) is 0 Å². The number of ether oxygens (including phenoxy) is 2. The predicted octanol–water partition coefficient (Wildman–Crippen LogP) is 1.03. The van der Waals surface area contributed by atoms with Gasteiger partial charge in [-0.2, -0.15) is 5.10 Å². The summed E-state index contributed by atoms with van der Waals surface area (Å²) in [5, 5.41) is 4.28. The van der Waals surface area contributed by atoms with Crippen LogP contribution in [0.1, 0.15) is 32.0 Å². The second-order valence-electron chi connectivity index (χ2n) is 5.32. The van der Waals surface area contributed by atoms with E-state index < -0.39 is 0 Å². The molecule has 0 N–H and O–H groups in total. The van der Waals surface area contributed by atoms with Crippen molar-refractivity contribution in [3.05, 3.63) is 12.2 Å². The molecule has 3 rings (SSSR count). The van der Waals surface area contributed by atoms with Gasteiger partial charge in [0.2, 0.25) is 0 Å². The lowest BCUT2D eigenvalue weighted by Gasteiger charge is -2.38. The van der Waals surface area contributed by atoms with Crippen molar-refractivity contribution in [1.82, 2.24) is 19.7 Å². The Bertz CT molecular complexity index is 415. The predicted molar refractivity (Wildman–Crippen MR) is 69.5 cm³/mol. The van der Waals surface area contributed by atoms with Crippen LogP contribution >= 0.6 is 0 Å². The third-order valence-corrected chi connectivity index (χ3v) is 3.81. The van der Waals surface area contributed by atoms with Gasteiger partial charge < -0.3 is 9.47 Å². The van der Waals surface area contributed by atoms with Gasteiger partial charge in [0.25, 0.3) is 0 Å². The number of likely N-dealkylation sites (tertiary alicyclic amines) is 1. The number of piperidine rings is 1. The second kappa shape index (κ2) is 5.56. The van der Waals surface area contributed by atoms with Gasteiger partial charge in [0, 0.05) is 13.0 Å².